The number of benzene rings is 1. The lowest BCUT2D eigenvalue weighted by molar-refractivity contribution is 0.469. The lowest BCUT2D eigenvalue weighted by Crippen LogP contribution is -1.97. The summed E-state index contributed by atoms with van der Waals surface area (Å²) in [6.45, 7) is 2.02. The number of hydrogen-bond acceptors (Lipinski definition) is 5. The second-order valence-corrected chi connectivity index (χ2v) is 4.84. The first-order valence-electron chi connectivity index (χ1n) is 5.47. The number of hydrogen-bond donors (Lipinski definition) is 1. The molecule has 5 heteroatoms. The van der Waals surface area contributed by atoms with E-state index in [0.717, 1.165) is 21.5 Å². The quantitative estimate of drug-likeness (QED) is 0.764. The number of fused-ring (bicyclic) bond motifs is 1. The molecule has 0 saturated heterocycles. The van der Waals surface area contributed by atoms with Gasteiger partial charge in [0.05, 0.1) is 5.39 Å². The number of nitrogen functional groups attached to an aromatic ring is 1. The molecule has 0 amide bonds. The Balaban J connectivity index is 2.06. The zero-order valence-electron chi connectivity index (χ0n) is 9.75. The smallest absolute Gasteiger partial charge is 0.232 e. The molecule has 3 rings (SSSR count). The molecule has 0 aliphatic carbocycles. The van der Waals surface area contributed by atoms with Crippen molar-refractivity contribution in [1.82, 2.24) is 9.97 Å². The van der Waals surface area contributed by atoms with E-state index in [1.165, 1.54) is 11.3 Å². The van der Waals surface area contributed by atoms with E-state index in [0.29, 0.717) is 5.88 Å². The van der Waals surface area contributed by atoms with Gasteiger partial charge in [-0.3, -0.25) is 0 Å². The molecular formula is C13H11N3OS. The van der Waals surface area contributed by atoms with Crippen LogP contribution >= 0.6 is 11.3 Å². The summed E-state index contributed by atoms with van der Waals surface area (Å²) in [5.74, 6) is 1.48. The van der Waals surface area contributed by atoms with Gasteiger partial charge in [0.15, 0.2) is 0 Å². The molecule has 90 valence electrons. The minimum atomic E-state index is 0.229. The van der Waals surface area contributed by atoms with Crippen LogP contribution in [-0.4, -0.2) is 9.97 Å². The normalized spacial score (nSPS) is 10.7. The Labute approximate surface area is 108 Å². The average molecular weight is 257 g/mol. The van der Waals surface area contributed by atoms with Crippen LogP contribution < -0.4 is 10.5 Å². The Bertz CT molecular complexity index is 708. The molecule has 0 saturated carbocycles. The minimum Gasteiger partial charge on any atom is -0.438 e. The van der Waals surface area contributed by atoms with Gasteiger partial charge >= 0.3 is 0 Å². The van der Waals surface area contributed by atoms with Gasteiger partial charge in [0.1, 0.15) is 10.6 Å². The molecule has 0 spiro atoms. The zero-order chi connectivity index (χ0) is 12.5. The number of ether oxygens (including phenoxy) is 1. The topological polar surface area (TPSA) is 61.0 Å². The average Bonchev–Trinajstić information content (AvgIpc) is 2.77. The molecule has 0 radical (unpaired) electrons. The predicted octanol–water partition coefficient (Wildman–Crippen LogP) is 3.37. The highest BCUT2D eigenvalue weighted by Gasteiger charge is 2.09. The van der Waals surface area contributed by atoms with Crippen LogP contribution in [0.3, 0.4) is 0 Å². The largest absolute Gasteiger partial charge is 0.438 e. The van der Waals surface area contributed by atoms with Gasteiger partial charge in [0.2, 0.25) is 11.8 Å². The number of aromatic nitrogens is 2. The molecule has 4 nitrogen and oxygen atoms in total. The fourth-order valence-electron chi connectivity index (χ4n) is 1.71. The highest BCUT2D eigenvalue weighted by Crippen LogP contribution is 2.30. The summed E-state index contributed by atoms with van der Waals surface area (Å²) in [7, 11) is 0. The van der Waals surface area contributed by atoms with Crippen molar-refractivity contribution in [2.24, 2.45) is 0 Å². The summed E-state index contributed by atoms with van der Waals surface area (Å²) >= 11 is 1.52. The van der Waals surface area contributed by atoms with Crippen LogP contribution in [0.1, 0.15) is 5.56 Å². The number of nitrogens with two attached hydrogens (primary N) is 1. The number of nitrogens with zero attached hydrogens (tertiary/aromatic N) is 2. The van der Waals surface area contributed by atoms with E-state index in [1.54, 1.807) is 0 Å². The second kappa shape index (κ2) is 4.27. The Morgan fingerprint density at radius 3 is 2.94 bits per heavy atom. The van der Waals surface area contributed by atoms with E-state index in [1.807, 2.05) is 42.6 Å². The number of rotatable bonds is 2. The Kier molecular flexibility index (Phi) is 2.60. The van der Waals surface area contributed by atoms with Crippen molar-refractivity contribution in [2.45, 2.75) is 6.92 Å². The third-order valence-electron chi connectivity index (χ3n) is 2.51. The van der Waals surface area contributed by atoms with Crippen molar-refractivity contribution in [3.63, 3.8) is 0 Å². The summed E-state index contributed by atoms with van der Waals surface area (Å²) in [6.07, 6.45) is 0. The molecule has 0 unspecified atom stereocenters. The summed E-state index contributed by atoms with van der Waals surface area (Å²) in [4.78, 5) is 9.15. The molecule has 1 aromatic carbocycles. The van der Waals surface area contributed by atoms with Crippen molar-refractivity contribution in [3.8, 4) is 11.6 Å². The third-order valence-corrected chi connectivity index (χ3v) is 3.32. The van der Waals surface area contributed by atoms with E-state index < -0.39 is 0 Å². The van der Waals surface area contributed by atoms with Crippen molar-refractivity contribution >= 4 is 27.5 Å². The van der Waals surface area contributed by atoms with Crippen LogP contribution in [0, 0.1) is 6.92 Å². The molecule has 2 N–H and O–H groups in total. The van der Waals surface area contributed by atoms with Crippen LogP contribution in [0.25, 0.3) is 10.2 Å². The molecular weight excluding hydrogens is 246 g/mol. The van der Waals surface area contributed by atoms with Crippen LogP contribution in [0.2, 0.25) is 0 Å². The summed E-state index contributed by atoms with van der Waals surface area (Å²) in [5, 5.41) is 2.83. The van der Waals surface area contributed by atoms with Crippen LogP contribution in [-0.2, 0) is 0 Å². The van der Waals surface area contributed by atoms with Gasteiger partial charge < -0.3 is 10.5 Å². The molecule has 2 heterocycles. The molecule has 0 atom stereocenters. The Morgan fingerprint density at radius 2 is 2.11 bits per heavy atom. The van der Waals surface area contributed by atoms with Gasteiger partial charge in [-0.25, -0.2) is 4.98 Å². The van der Waals surface area contributed by atoms with Crippen molar-refractivity contribution in [3.05, 3.63) is 41.3 Å². The standard InChI is InChI=1S/C13H11N3OS/c1-8-3-2-4-9(7-8)17-11-10-5-6-18-12(10)16-13(14)15-11/h2-7H,1H3,(H2,14,15,16). The summed E-state index contributed by atoms with van der Waals surface area (Å²) in [5.41, 5.74) is 6.81. The zero-order valence-corrected chi connectivity index (χ0v) is 10.6. The van der Waals surface area contributed by atoms with Gasteiger partial charge in [-0.05, 0) is 36.1 Å². The Hall–Kier alpha value is -2.14. The lowest BCUT2D eigenvalue weighted by Gasteiger charge is -2.06. The molecule has 18 heavy (non-hydrogen) atoms. The molecule has 0 bridgehead atoms. The molecule has 3 aromatic rings. The van der Waals surface area contributed by atoms with Gasteiger partial charge in [0.25, 0.3) is 0 Å². The van der Waals surface area contributed by atoms with E-state index >= 15 is 0 Å². The maximum absolute atomic E-state index is 5.79. The van der Waals surface area contributed by atoms with Crippen LogP contribution in [0.5, 0.6) is 11.6 Å². The van der Waals surface area contributed by atoms with Crippen LogP contribution in [0.4, 0.5) is 5.95 Å². The number of thiophene rings is 1. The van der Waals surface area contributed by atoms with Gasteiger partial charge in [-0.2, -0.15) is 4.98 Å². The summed E-state index contributed by atoms with van der Waals surface area (Å²) < 4.78 is 5.79. The van der Waals surface area contributed by atoms with Gasteiger partial charge in [-0.15, -0.1) is 11.3 Å². The molecule has 2 aromatic heterocycles. The van der Waals surface area contributed by atoms with Gasteiger partial charge in [-0.1, -0.05) is 12.1 Å². The first-order chi connectivity index (χ1) is 8.72. The van der Waals surface area contributed by atoms with Gasteiger partial charge in [0, 0.05) is 0 Å². The van der Waals surface area contributed by atoms with E-state index in [-0.39, 0.29) is 5.95 Å². The van der Waals surface area contributed by atoms with Crippen molar-refractivity contribution in [1.29, 1.82) is 0 Å². The maximum Gasteiger partial charge on any atom is 0.232 e. The lowest BCUT2D eigenvalue weighted by atomic mass is 10.2. The van der Waals surface area contributed by atoms with E-state index in [9.17, 15) is 0 Å². The SMILES string of the molecule is Cc1cccc(Oc2nc(N)nc3sccc23)c1. The third kappa shape index (κ3) is 2.00. The fraction of sp³-hybridized carbons (Fsp3) is 0.0769. The first-order valence-corrected chi connectivity index (χ1v) is 6.35. The highest BCUT2D eigenvalue weighted by atomic mass is 32.1. The first kappa shape index (κ1) is 11.0. The molecule has 0 aliphatic heterocycles. The minimum absolute atomic E-state index is 0.229. The van der Waals surface area contributed by atoms with Crippen molar-refractivity contribution in [2.75, 3.05) is 5.73 Å². The summed E-state index contributed by atoms with van der Waals surface area (Å²) in [6, 6.07) is 9.74. The second-order valence-electron chi connectivity index (χ2n) is 3.94. The van der Waals surface area contributed by atoms with E-state index in [2.05, 4.69) is 9.97 Å². The molecule has 0 aliphatic rings. The predicted molar refractivity (Wildman–Crippen MR) is 73.1 cm³/mol. The highest BCUT2D eigenvalue weighted by molar-refractivity contribution is 7.16. The number of aryl methyl sites for hydroxylation is 1. The monoisotopic (exact) mass is 257 g/mol. The van der Waals surface area contributed by atoms with Crippen molar-refractivity contribution < 1.29 is 4.74 Å². The van der Waals surface area contributed by atoms with E-state index in [4.69, 9.17) is 10.5 Å². The number of anilines is 1. The van der Waals surface area contributed by atoms with Crippen LogP contribution in [0.15, 0.2) is 35.7 Å². The molecule has 0 fully saturated rings. The maximum atomic E-state index is 5.79. The Morgan fingerprint density at radius 1 is 1.22 bits per heavy atom. The fourth-order valence-corrected chi connectivity index (χ4v) is 2.47.